The molecule has 0 unspecified atom stereocenters. The largest absolute Gasteiger partial charge is 0.326 e. The summed E-state index contributed by atoms with van der Waals surface area (Å²) in [5, 5.41) is -0.671. The highest BCUT2D eigenvalue weighted by Crippen LogP contribution is 2.36. The van der Waals surface area contributed by atoms with Crippen molar-refractivity contribution in [2.24, 2.45) is 0 Å². The number of nitrogens with zero attached hydrogens (tertiary/aromatic N) is 2. The molecule has 21 heavy (non-hydrogen) atoms. The average Bonchev–Trinajstić information content (AvgIpc) is 2.60. The Morgan fingerprint density at radius 3 is 2.90 bits per heavy atom. The molecule has 1 aliphatic rings. The van der Waals surface area contributed by atoms with E-state index in [0.29, 0.717) is 22.6 Å². The first kappa shape index (κ1) is 13.8. The number of hydrogen-bond donors (Lipinski definition) is 0. The van der Waals surface area contributed by atoms with E-state index in [0.717, 1.165) is 12.0 Å². The molecule has 3 rings (SSSR count). The molecule has 0 spiro atoms. The third kappa shape index (κ3) is 2.32. The molecule has 0 N–H and O–H groups in total. The SMILES string of the molecule is CCc1ccc2c(c1)C(=O)Cc1cccnc1N2C(=O)Cl. The molecule has 5 heteroatoms. The number of aromatic nitrogens is 1. The van der Waals surface area contributed by atoms with Gasteiger partial charge in [-0.05, 0) is 41.8 Å². The van der Waals surface area contributed by atoms with Gasteiger partial charge in [0, 0.05) is 23.7 Å². The van der Waals surface area contributed by atoms with Crippen molar-refractivity contribution in [1.82, 2.24) is 4.98 Å². The van der Waals surface area contributed by atoms with Crippen LogP contribution < -0.4 is 4.90 Å². The highest BCUT2D eigenvalue weighted by molar-refractivity contribution is 6.67. The number of aryl methyl sites for hydroxylation is 1. The van der Waals surface area contributed by atoms with Crippen LogP contribution in [-0.2, 0) is 12.8 Å². The molecule has 0 fully saturated rings. The number of amides is 1. The van der Waals surface area contributed by atoms with E-state index in [1.165, 1.54) is 4.90 Å². The second kappa shape index (κ2) is 5.30. The number of benzene rings is 1. The van der Waals surface area contributed by atoms with Gasteiger partial charge >= 0.3 is 5.37 Å². The summed E-state index contributed by atoms with van der Waals surface area (Å²) in [6.45, 7) is 2.02. The molecule has 106 valence electrons. The van der Waals surface area contributed by atoms with Crippen molar-refractivity contribution in [1.29, 1.82) is 0 Å². The van der Waals surface area contributed by atoms with E-state index < -0.39 is 5.37 Å². The summed E-state index contributed by atoms with van der Waals surface area (Å²) >= 11 is 5.74. The number of rotatable bonds is 1. The minimum Gasteiger partial charge on any atom is -0.294 e. The van der Waals surface area contributed by atoms with Gasteiger partial charge in [0.2, 0.25) is 0 Å². The molecule has 1 aromatic carbocycles. The number of pyridine rings is 1. The van der Waals surface area contributed by atoms with E-state index in [1.807, 2.05) is 19.1 Å². The van der Waals surface area contributed by atoms with Crippen molar-refractivity contribution in [2.75, 3.05) is 4.90 Å². The Morgan fingerprint density at radius 1 is 1.38 bits per heavy atom. The van der Waals surface area contributed by atoms with Crippen molar-refractivity contribution in [3.63, 3.8) is 0 Å². The first-order chi connectivity index (χ1) is 10.1. The molecule has 1 amide bonds. The molecule has 0 aliphatic carbocycles. The second-order valence-electron chi connectivity index (χ2n) is 4.88. The molecule has 0 saturated carbocycles. The van der Waals surface area contributed by atoms with Crippen LogP contribution >= 0.6 is 11.6 Å². The molecular formula is C16H13ClN2O2. The van der Waals surface area contributed by atoms with E-state index in [-0.39, 0.29) is 12.2 Å². The number of ketones is 1. The molecule has 0 bridgehead atoms. The van der Waals surface area contributed by atoms with Crippen LogP contribution in [-0.4, -0.2) is 16.1 Å². The summed E-state index contributed by atoms with van der Waals surface area (Å²) in [7, 11) is 0. The smallest absolute Gasteiger partial charge is 0.294 e. The van der Waals surface area contributed by atoms with E-state index in [1.54, 1.807) is 24.4 Å². The molecule has 4 nitrogen and oxygen atoms in total. The Morgan fingerprint density at radius 2 is 2.19 bits per heavy atom. The van der Waals surface area contributed by atoms with Crippen LogP contribution in [0, 0.1) is 0 Å². The van der Waals surface area contributed by atoms with Gasteiger partial charge in [-0.3, -0.25) is 14.5 Å². The minimum atomic E-state index is -0.671. The lowest BCUT2D eigenvalue weighted by Crippen LogP contribution is -2.22. The van der Waals surface area contributed by atoms with Gasteiger partial charge in [0.15, 0.2) is 5.78 Å². The lowest BCUT2D eigenvalue weighted by molar-refractivity contribution is 0.0994. The fraction of sp³-hybridized carbons (Fsp3) is 0.188. The topological polar surface area (TPSA) is 50.3 Å². The van der Waals surface area contributed by atoms with Gasteiger partial charge in [0.1, 0.15) is 5.82 Å². The lowest BCUT2D eigenvalue weighted by Gasteiger charge is -2.20. The lowest BCUT2D eigenvalue weighted by atomic mass is 10.0. The van der Waals surface area contributed by atoms with Gasteiger partial charge in [-0.15, -0.1) is 0 Å². The molecular weight excluding hydrogens is 288 g/mol. The van der Waals surface area contributed by atoms with Crippen molar-refractivity contribution in [2.45, 2.75) is 19.8 Å². The Hall–Kier alpha value is -2.20. The standard InChI is InChI=1S/C16H13ClN2O2/c1-2-10-5-6-13-12(8-10)14(20)9-11-4-3-7-18-15(11)19(13)16(17)21/h3-8H,2,9H2,1H3. The zero-order valence-electron chi connectivity index (χ0n) is 11.5. The Kier molecular flexibility index (Phi) is 3.47. The van der Waals surface area contributed by atoms with Crippen LogP contribution in [0.1, 0.15) is 28.4 Å². The van der Waals surface area contributed by atoms with Gasteiger partial charge in [-0.2, -0.15) is 0 Å². The van der Waals surface area contributed by atoms with Gasteiger partial charge in [-0.25, -0.2) is 4.98 Å². The predicted octanol–water partition coefficient (Wildman–Crippen LogP) is 3.88. The highest BCUT2D eigenvalue weighted by atomic mass is 35.5. The third-order valence-electron chi connectivity index (χ3n) is 3.62. The number of anilines is 2. The maximum absolute atomic E-state index is 12.5. The first-order valence-electron chi connectivity index (χ1n) is 6.71. The van der Waals surface area contributed by atoms with E-state index in [2.05, 4.69) is 4.98 Å². The number of halogens is 1. The fourth-order valence-electron chi connectivity index (χ4n) is 2.55. The predicted molar refractivity (Wildman–Crippen MR) is 81.5 cm³/mol. The first-order valence-corrected chi connectivity index (χ1v) is 7.09. The van der Waals surface area contributed by atoms with Gasteiger partial charge < -0.3 is 0 Å². The maximum Gasteiger partial charge on any atom is 0.326 e. The summed E-state index contributed by atoms with van der Waals surface area (Å²) in [4.78, 5) is 29.9. The zero-order chi connectivity index (χ0) is 15.0. The van der Waals surface area contributed by atoms with Crippen molar-refractivity contribution >= 4 is 34.3 Å². The van der Waals surface area contributed by atoms with E-state index in [4.69, 9.17) is 11.6 Å². The highest BCUT2D eigenvalue weighted by Gasteiger charge is 2.29. The molecule has 0 saturated heterocycles. The summed E-state index contributed by atoms with van der Waals surface area (Å²) in [6.07, 6.45) is 2.62. The number of Topliss-reactive ketones (excluding diaryl/α,β-unsaturated/α-hetero) is 1. The monoisotopic (exact) mass is 300 g/mol. The van der Waals surface area contributed by atoms with Crippen LogP contribution in [0.3, 0.4) is 0 Å². The van der Waals surface area contributed by atoms with E-state index >= 15 is 0 Å². The van der Waals surface area contributed by atoms with Crippen LogP contribution in [0.15, 0.2) is 36.5 Å². The van der Waals surface area contributed by atoms with E-state index in [9.17, 15) is 9.59 Å². The van der Waals surface area contributed by atoms with Crippen molar-refractivity contribution in [3.05, 3.63) is 53.2 Å². The Labute approximate surface area is 127 Å². The second-order valence-corrected chi connectivity index (χ2v) is 5.20. The molecule has 2 aromatic rings. The maximum atomic E-state index is 12.5. The van der Waals surface area contributed by atoms with Gasteiger partial charge in [0.25, 0.3) is 0 Å². The Bertz CT molecular complexity index is 743. The molecule has 1 aliphatic heterocycles. The summed E-state index contributed by atoms with van der Waals surface area (Å²) < 4.78 is 0. The molecule has 1 aromatic heterocycles. The summed E-state index contributed by atoms with van der Waals surface area (Å²) in [5.74, 6) is 0.392. The number of carbonyl (C=O) groups excluding carboxylic acids is 2. The van der Waals surface area contributed by atoms with Crippen LogP contribution in [0.25, 0.3) is 0 Å². The molecule has 2 heterocycles. The minimum absolute atomic E-state index is 0.0324. The fourth-order valence-corrected chi connectivity index (χ4v) is 2.72. The van der Waals surface area contributed by atoms with Crippen LogP contribution in [0.4, 0.5) is 16.3 Å². The summed E-state index contributed by atoms with van der Waals surface area (Å²) in [6, 6.07) is 9.02. The van der Waals surface area contributed by atoms with Crippen LogP contribution in [0.5, 0.6) is 0 Å². The number of carbonyl (C=O) groups is 2. The van der Waals surface area contributed by atoms with Crippen molar-refractivity contribution < 1.29 is 9.59 Å². The number of hydrogen-bond acceptors (Lipinski definition) is 3. The molecule has 0 atom stereocenters. The van der Waals surface area contributed by atoms with Gasteiger partial charge in [-0.1, -0.05) is 19.1 Å². The van der Waals surface area contributed by atoms with Gasteiger partial charge in [0.05, 0.1) is 5.69 Å². The Balaban J connectivity index is 2.28. The normalized spacial score (nSPS) is 13.4. The van der Waals surface area contributed by atoms with Crippen LogP contribution in [0.2, 0.25) is 0 Å². The zero-order valence-corrected chi connectivity index (χ0v) is 12.2. The molecule has 0 radical (unpaired) electrons. The van der Waals surface area contributed by atoms with Crippen molar-refractivity contribution in [3.8, 4) is 0 Å². The quantitative estimate of drug-likeness (QED) is 0.593. The summed E-state index contributed by atoms with van der Waals surface area (Å²) in [5.41, 5.74) is 2.75. The third-order valence-corrected chi connectivity index (χ3v) is 3.79. The number of fused-ring (bicyclic) bond motifs is 2. The average molecular weight is 301 g/mol.